The Morgan fingerprint density at radius 3 is 2.65 bits per heavy atom. The second-order valence-electron chi connectivity index (χ2n) is 4.95. The fraction of sp³-hybridized carbons (Fsp3) is 0.294. The van der Waals surface area contributed by atoms with E-state index >= 15 is 0 Å². The normalized spacial score (nSPS) is 12.4. The number of likely N-dealkylation sites (N-methyl/N-ethyl adjacent to an activating group) is 1. The number of hydrogen-bond donors (Lipinski definition) is 1. The topological polar surface area (TPSA) is 12.0 Å². The van der Waals surface area contributed by atoms with E-state index in [1.54, 1.807) is 6.92 Å². The molecule has 2 rings (SSSR count). The number of rotatable bonds is 5. The van der Waals surface area contributed by atoms with Crippen molar-refractivity contribution in [3.63, 3.8) is 0 Å². The van der Waals surface area contributed by atoms with Gasteiger partial charge in [-0.1, -0.05) is 42.8 Å². The summed E-state index contributed by atoms with van der Waals surface area (Å²) in [5.74, 6) is -0.160. The van der Waals surface area contributed by atoms with E-state index in [1.807, 2.05) is 30.3 Å². The summed E-state index contributed by atoms with van der Waals surface area (Å²) in [6, 6.07) is 13.3. The summed E-state index contributed by atoms with van der Waals surface area (Å²) in [4.78, 5) is 0. The quantitative estimate of drug-likeness (QED) is 0.843. The molecule has 0 bridgehead atoms. The van der Waals surface area contributed by atoms with Gasteiger partial charge in [0.2, 0.25) is 0 Å². The van der Waals surface area contributed by atoms with Crippen LogP contribution in [0.2, 0.25) is 5.02 Å². The summed E-state index contributed by atoms with van der Waals surface area (Å²) in [6.45, 7) is 4.73. The van der Waals surface area contributed by atoms with Gasteiger partial charge in [-0.15, -0.1) is 0 Å². The van der Waals surface area contributed by atoms with E-state index in [0.717, 1.165) is 23.6 Å². The third-order valence-electron chi connectivity index (χ3n) is 3.36. The lowest BCUT2D eigenvalue weighted by molar-refractivity contribution is 0.546. The number of halogens is 2. The minimum atomic E-state index is -0.160. The zero-order chi connectivity index (χ0) is 14.5. The minimum absolute atomic E-state index is 0.160. The van der Waals surface area contributed by atoms with Crippen molar-refractivity contribution in [1.82, 2.24) is 5.32 Å². The molecule has 1 N–H and O–H groups in total. The number of hydrogen-bond acceptors (Lipinski definition) is 1. The van der Waals surface area contributed by atoms with Crippen molar-refractivity contribution in [2.45, 2.75) is 26.3 Å². The van der Waals surface area contributed by atoms with Gasteiger partial charge in [0.05, 0.1) is 0 Å². The first-order valence-electron chi connectivity index (χ1n) is 6.84. The molecule has 106 valence electrons. The lowest BCUT2D eigenvalue weighted by atomic mass is 9.97. The lowest BCUT2D eigenvalue weighted by Crippen LogP contribution is -2.23. The fourth-order valence-corrected chi connectivity index (χ4v) is 2.55. The molecular formula is C17H19ClFN. The molecule has 0 saturated heterocycles. The summed E-state index contributed by atoms with van der Waals surface area (Å²) in [7, 11) is 0. The SMILES string of the molecule is CCNC(Cc1cccc(Cl)c1)c1ccc(F)c(C)c1. The molecule has 0 saturated carbocycles. The van der Waals surface area contributed by atoms with Gasteiger partial charge in [0.15, 0.2) is 0 Å². The third kappa shape index (κ3) is 3.81. The Morgan fingerprint density at radius 2 is 2.00 bits per heavy atom. The largest absolute Gasteiger partial charge is 0.310 e. The maximum Gasteiger partial charge on any atom is 0.126 e. The molecule has 3 heteroatoms. The second kappa shape index (κ2) is 6.87. The molecule has 0 fully saturated rings. The van der Waals surface area contributed by atoms with Crippen LogP contribution in [0.25, 0.3) is 0 Å². The predicted molar refractivity (Wildman–Crippen MR) is 82.7 cm³/mol. The minimum Gasteiger partial charge on any atom is -0.310 e. The maximum absolute atomic E-state index is 13.4. The van der Waals surface area contributed by atoms with Crippen LogP contribution in [-0.4, -0.2) is 6.54 Å². The van der Waals surface area contributed by atoms with Crippen molar-refractivity contribution in [1.29, 1.82) is 0 Å². The van der Waals surface area contributed by atoms with Crippen LogP contribution in [0, 0.1) is 12.7 Å². The summed E-state index contributed by atoms with van der Waals surface area (Å²) < 4.78 is 13.4. The molecule has 2 aromatic rings. The molecule has 2 aromatic carbocycles. The van der Waals surface area contributed by atoms with Gasteiger partial charge in [-0.2, -0.15) is 0 Å². The van der Waals surface area contributed by atoms with E-state index in [9.17, 15) is 4.39 Å². The smallest absolute Gasteiger partial charge is 0.126 e. The Hall–Kier alpha value is -1.38. The van der Waals surface area contributed by atoms with Gasteiger partial charge >= 0.3 is 0 Å². The Kier molecular flexibility index (Phi) is 5.16. The molecule has 1 unspecified atom stereocenters. The molecule has 20 heavy (non-hydrogen) atoms. The van der Waals surface area contributed by atoms with Gasteiger partial charge in [-0.05, 0) is 54.8 Å². The van der Waals surface area contributed by atoms with Crippen LogP contribution in [0.1, 0.15) is 29.7 Å². The van der Waals surface area contributed by atoms with E-state index in [1.165, 1.54) is 11.6 Å². The predicted octanol–water partition coefficient (Wildman–Crippen LogP) is 4.68. The van der Waals surface area contributed by atoms with E-state index in [2.05, 4.69) is 18.3 Å². The van der Waals surface area contributed by atoms with E-state index in [0.29, 0.717) is 5.56 Å². The standard InChI is InChI=1S/C17H19ClFN/c1-3-20-17(11-13-5-4-6-15(18)10-13)14-7-8-16(19)12(2)9-14/h4-10,17,20H,3,11H2,1-2H3. The molecule has 0 amide bonds. The number of aryl methyl sites for hydroxylation is 1. The fourth-order valence-electron chi connectivity index (χ4n) is 2.34. The van der Waals surface area contributed by atoms with Gasteiger partial charge in [0.25, 0.3) is 0 Å². The van der Waals surface area contributed by atoms with Crippen LogP contribution in [0.15, 0.2) is 42.5 Å². The van der Waals surface area contributed by atoms with Gasteiger partial charge in [-0.25, -0.2) is 4.39 Å². The zero-order valence-electron chi connectivity index (χ0n) is 11.8. The highest BCUT2D eigenvalue weighted by molar-refractivity contribution is 6.30. The summed E-state index contributed by atoms with van der Waals surface area (Å²) in [6.07, 6.45) is 0.833. The van der Waals surface area contributed by atoms with E-state index in [-0.39, 0.29) is 11.9 Å². The molecular weight excluding hydrogens is 273 g/mol. The Morgan fingerprint density at radius 1 is 1.20 bits per heavy atom. The van der Waals surface area contributed by atoms with Crippen LogP contribution in [0.4, 0.5) is 4.39 Å². The Bertz CT molecular complexity index is 583. The first-order valence-corrected chi connectivity index (χ1v) is 7.22. The van der Waals surface area contributed by atoms with Crippen molar-refractivity contribution < 1.29 is 4.39 Å². The average molecular weight is 292 g/mol. The monoisotopic (exact) mass is 291 g/mol. The van der Waals surface area contributed by atoms with Gasteiger partial charge in [0, 0.05) is 11.1 Å². The maximum atomic E-state index is 13.4. The Balaban J connectivity index is 2.24. The molecule has 0 aliphatic rings. The van der Waals surface area contributed by atoms with Crippen molar-refractivity contribution in [3.8, 4) is 0 Å². The van der Waals surface area contributed by atoms with Gasteiger partial charge in [0.1, 0.15) is 5.82 Å². The number of nitrogens with one attached hydrogen (secondary N) is 1. The van der Waals surface area contributed by atoms with Gasteiger partial charge in [-0.3, -0.25) is 0 Å². The summed E-state index contributed by atoms with van der Waals surface area (Å²) in [5, 5.41) is 4.19. The van der Waals surface area contributed by atoms with Crippen molar-refractivity contribution in [2.75, 3.05) is 6.54 Å². The van der Waals surface area contributed by atoms with Crippen LogP contribution >= 0.6 is 11.6 Å². The molecule has 0 heterocycles. The summed E-state index contributed by atoms with van der Waals surface area (Å²) >= 11 is 6.03. The van der Waals surface area contributed by atoms with E-state index < -0.39 is 0 Å². The molecule has 0 aromatic heterocycles. The molecule has 0 radical (unpaired) electrons. The van der Waals surface area contributed by atoms with Crippen LogP contribution in [0.3, 0.4) is 0 Å². The van der Waals surface area contributed by atoms with Crippen molar-refractivity contribution in [2.24, 2.45) is 0 Å². The highest BCUT2D eigenvalue weighted by atomic mass is 35.5. The number of benzene rings is 2. The lowest BCUT2D eigenvalue weighted by Gasteiger charge is -2.19. The molecule has 0 spiro atoms. The third-order valence-corrected chi connectivity index (χ3v) is 3.60. The van der Waals surface area contributed by atoms with E-state index in [4.69, 9.17) is 11.6 Å². The Labute approximate surface area is 124 Å². The summed E-state index contributed by atoms with van der Waals surface area (Å²) in [5.41, 5.74) is 2.95. The van der Waals surface area contributed by atoms with Crippen molar-refractivity contribution >= 4 is 11.6 Å². The highest BCUT2D eigenvalue weighted by Crippen LogP contribution is 2.22. The van der Waals surface area contributed by atoms with Crippen molar-refractivity contribution in [3.05, 3.63) is 70.0 Å². The van der Waals surface area contributed by atoms with Gasteiger partial charge < -0.3 is 5.32 Å². The first-order chi connectivity index (χ1) is 9.60. The second-order valence-corrected chi connectivity index (χ2v) is 5.39. The van der Waals surface area contributed by atoms with Crippen LogP contribution in [0.5, 0.6) is 0 Å². The highest BCUT2D eigenvalue weighted by Gasteiger charge is 2.12. The molecule has 0 aliphatic heterocycles. The van der Waals surface area contributed by atoms with Crippen LogP contribution < -0.4 is 5.32 Å². The molecule has 1 nitrogen and oxygen atoms in total. The van der Waals surface area contributed by atoms with Crippen LogP contribution in [-0.2, 0) is 6.42 Å². The molecule has 0 aliphatic carbocycles. The molecule has 1 atom stereocenters. The zero-order valence-corrected chi connectivity index (χ0v) is 12.5. The average Bonchev–Trinajstić information content (AvgIpc) is 2.41. The first kappa shape index (κ1) is 15.0.